The van der Waals surface area contributed by atoms with E-state index in [-0.39, 0.29) is 5.82 Å². The second-order valence-electron chi connectivity index (χ2n) is 4.69. The number of benzene rings is 1. The van der Waals surface area contributed by atoms with Gasteiger partial charge < -0.3 is 11.1 Å². The summed E-state index contributed by atoms with van der Waals surface area (Å²) < 4.78 is 13.0. The molecule has 0 spiro atoms. The van der Waals surface area contributed by atoms with Crippen LogP contribution in [-0.4, -0.2) is 12.5 Å². The molecular weight excluding hydrogens is 219 g/mol. The minimum absolute atomic E-state index is 0.295. The normalized spacial score (nSPS) is 16.8. The zero-order chi connectivity index (χ0) is 12.4. The number of rotatable bonds is 5. The van der Waals surface area contributed by atoms with Crippen LogP contribution in [0.4, 0.5) is 4.39 Å². The van der Waals surface area contributed by atoms with E-state index in [1.165, 1.54) is 25.0 Å². The molecule has 0 radical (unpaired) electrons. The van der Waals surface area contributed by atoms with Gasteiger partial charge in [-0.15, -0.1) is 0 Å². The molecule has 1 aromatic rings. The van der Waals surface area contributed by atoms with Gasteiger partial charge in [0.2, 0.25) is 5.91 Å². The maximum Gasteiger partial charge on any atom is 0.239 e. The molecule has 0 aliphatic heterocycles. The molecule has 0 aromatic heterocycles. The highest BCUT2D eigenvalue weighted by Gasteiger charge is 2.25. The Labute approximate surface area is 100 Å². The highest BCUT2D eigenvalue weighted by Crippen LogP contribution is 2.29. The van der Waals surface area contributed by atoms with Gasteiger partial charge in [-0.1, -0.05) is 6.07 Å². The van der Waals surface area contributed by atoms with Crippen molar-refractivity contribution in [1.82, 2.24) is 5.32 Å². The maximum absolute atomic E-state index is 13.0. The van der Waals surface area contributed by atoms with Gasteiger partial charge in [-0.3, -0.25) is 4.79 Å². The monoisotopic (exact) mass is 236 g/mol. The first-order valence-electron chi connectivity index (χ1n) is 5.86. The number of hydrogen-bond acceptors (Lipinski definition) is 2. The van der Waals surface area contributed by atoms with Crippen molar-refractivity contribution in [2.24, 2.45) is 11.7 Å². The topological polar surface area (TPSA) is 55.1 Å². The summed E-state index contributed by atoms with van der Waals surface area (Å²) in [5.41, 5.74) is 6.90. The van der Waals surface area contributed by atoms with Crippen LogP contribution in [0.3, 0.4) is 0 Å². The number of hydrogen-bond donors (Lipinski definition) is 2. The first kappa shape index (κ1) is 12.0. The van der Waals surface area contributed by atoms with Crippen molar-refractivity contribution < 1.29 is 9.18 Å². The maximum atomic E-state index is 13.0. The quantitative estimate of drug-likeness (QED) is 0.817. The third-order valence-electron chi connectivity index (χ3n) is 3.13. The lowest BCUT2D eigenvalue weighted by molar-refractivity contribution is -0.120. The summed E-state index contributed by atoms with van der Waals surface area (Å²) in [6, 6.07) is 3.89. The fourth-order valence-corrected chi connectivity index (χ4v) is 1.93. The molecule has 92 valence electrons. The van der Waals surface area contributed by atoms with E-state index in [1.54, 1.807) is 13.0 Å². The van der Waals surface area contributed by atoms with Gasteiger partial charge >= 0.3 is 0 Å². The lowest BCUT2D eigenvalue weighted by atomic mass is 10.0. The van der Waals surface area contributed by atoms with E-state index in [0.717, 1.165) is 17.7 Å². The first-order chi connectivity index (χ1) is 8.08. The third-order valence-corrected chi connectivity index (χ3v) is 3.13. The Kier molecular flexibility index (Phi) is 3.43. The average molecular weight is 236 g/mol. The zero-order valence-corrected chi connectivity index (χ0v) is 9.87. The summed E-state index contributed by atoms with van der Waals surface area (Å²) in [5, 5.41) is 3.16. The van der Waals surface area contributed by atoms with Gasteiger partial charge in [-0.05, 0) is 55.5 Å². The van der Waals surface area contributed by atoms with Crippen molar-refractivity contribution in [2.75, 3.05) is 6.54 Å². The summed E-state index contributed by atoms with van der Waals surface area (Å²) in [5.74, 6) is -0.0466. The van der Waals surface area contributed by atoms with Gasteiger partial charge in [0.05, 0.1) is 0 Å². The van der Waals surface area contributed by atoms with Gasteiger partial charge in [-0.25, -0.2) is 4.39 Å². The van der Waals surface area contributed by atoms with E-state index in [0.29, 0.717) is 5.92 Å². The molecule has 1 aliphatic carbocycles. The predicted molar refractivity (Wildman–Crippen MR) is 63.8 cm³/mol. The lowest BCUT2D eigenvalue weighted by Crippen LogP contribution is -2.35. The fraction of sp³-hybridized carbons (Fsp3) is 0.462. The van der Waals surface area contributed by atoms with Crippen LogP contribution in [-0.2, 0) is 4.79 Å². The molecule has 1 aromatic carbocycles. The molecule has 0 saturated heterocycles. The van der Waals surface area contributed by atoms with Crippen LogP contribution >= 0.6 is 0 Å². The predicted octanol–water partition coefficient (Wildman–Crippen LogP) is 1.66. The summed E-state index contributed by atoms with van der Waals surface area (Å²) in [4.78, 5) is 11.4. The number of carbonyl (C=O) groups is 1. The fourth-order valence-electron chi connectivity index (χ4n) is 1.93. The number of amides is 1. The number of nitrogens with one attached hydrogen (secondary N) is 1. The van der Waals surface area contributed by atoms with E-state index in [1.807, 2.05) is 0 Å². The number of primary amides is 1. The SMILES string of the molecule is Cc1cc(F)ccc1C(NCC1CC1)C(N)=O. The summed E-state index contributed by atoms with van der Waals surface area (Å²) in [7, 11) is 0. The van der Waals surface area contributed by atoms with E-state index >= 15 is 0 Å². The van der Waals surface area contributed by atoms with Gasteiger partial charge in [-0.2, -0.15) is 0 Å². The van der Waals surface area contributed by atoms with E-state index < -0.39 is 11.9 Å². The van der Waals surface area contributed by atoms with Crippen LogP contribution in [0.5, 0.6) is 0 Å². The van der Waals surface area contributed by atoms with Crippen LogP contribution in [0.25, 0.3) is 0 Å². The van der Waals surface area contributed by atoms with E-state index in [2.05, 4.69) is 5.32 Å². The Morgan fingerprint density at radius 2 is 2.29 bits per heavy atom. The molecule has 1 amide bonds. The Morgan fingerprint density at radius 1 is 1.59 bits per heavy atom. The smallest absolute Gasteiger partial charge is 0.239 e. The summed E-state index contributed by atoms with van der Waals surface area (Å²) in [6.07, 6.45) is 2.42. The van der Waals surface area contributed by atoms with E-state index in [4.69, 9.17) is 5.73 Å². The van der Waals surface area contributed by atoms with E-state index in [9.17, 15) is 9.18 Å². The van der Waals surface area contributed by atoms with Gasteiger partial charge in [0, 0.05) is 0 Å². The molecular formula is C13H17FN2O. The Bertz CT molecular complexity index is 429. The van der Waals surface area contributed by atoms with Gasteiger partial charge in [0.25, 0.3) is 0 Å². The number of nitrogens with two attached hydrogens (primary N) is 1. The molecule has 1 fully saturated rings. The molecule has 0 heterocycles. The number of carbonyl (C=O) groups excluding carboxylic acids is 1. The molecule has 17 heavy (non-hydrogen) atoms. The molecule has 1 saturated carbocycles. The summed E-state index contributed by atoms with van der Waals surface area (Å²) in [6.45, 7) is 2.58. The summed E-state index contributed by atoms with van der Waals surface area (Å²) >= 11 is 0. The van der Waals surface area contributed by atoms with Gasteiger partial charge in [0.15, 0.2) is 0 Å². The standard InChI is InChI=1S/C13H17FN2O/c1-8-6-10(14)4-5-11(8)12(13(15)17)16-7-9-2-3-9/h4-6,9,12,16H,2-3,7H2,1H3,(H2,15,17). The number of halogens is 1. The Balaban J connectivity index is 2.15. The molecule has 0 bridgehead atoms. The highest BCUT2D eigenvalue weighted by atomic mass is 19.1. The van der Waals surface area contributed by atoms with Crippen molar-refractivity contribution in [1.29, 1.82) is 0 Å². The molecule has 1 unspecified atom stereocenters. The van der Waals surface area contributed by atoms with Crippen LogP contribution in [0.2, 0.25) is 0 Å². The Morgan fingerprint density at radius 3 is 2.82 bits per heavy atom. The molecule has 3 nitrogen and oxygen atoms in total. The van der Waals surface area contributed by atoms with Crippen molar-refractivity contribution in [3.8, 4) is 0 Å². The van der Waals surface area contributed by atoms with Crippen LogP contribution in [0.15, 0.2) is 18.2 Å². The minimum atomic E-state index is -0.517. The minimum Gasteiger partial charge on any atom is -0.368 e. The average Bonchev–Trinajstić information content (AvgIpc) is 3.04. The van der Waals surface area contributed by atoms with Crippen molar-refractivity contribution in [3.63, 3.8) is 0 Å². The highest BCUT2D eigenvalue weighted by molar-refractivity contribution is 5.81. The van der Waals surface area contributed by atoms with Crippen molar-refractivity contribution in [3.05, 3.63) is 35.1 Å². The second-order valence-corrected chi connectivity index (χ2v) is 4.69. The second kappa shape index (κ2) is 4.84. The molecule has 4 heteroatoms. The van der Waals surface area contributed by atoms with Crippen LogP contribution in [0, 0.1) is 18.7 Å². The zero-order valence-electron chi connectivity index (χ0n) is 9.87. The molecule has 1 aliphatic rings. The Hall–Kier alpha value is -1.42. The first-order valence-corrected chi connectivity index (χ1v) is 5.86. The van der Waals surface area contributed by atoms with Crippen molar-refractivity contribution >= 4 is 5.91 Å². The molecule has 2 rings (SSSR count). The largest absolute Gasteiger partial charge is 0.368 e. The lowest BCUT2D eigenvalue weighted by Gasteiger charge is -2.17. The molecule has 3 N–H and O–H groups in total. The number of aryl methyl sites for hydroxylation is 1. The van der Waals surface area contributed by atoms with Crippen LogP contribution < -0.4 is 11.1 Å². The molecule has 1 atom stereocenters. The third kappa shape index (κ3) is 3.03. The van der Waals surface area contributed by atoms with Crippen LogP contribution in [0.1, 0.15) is 30.0 Å². The van der Waals surface area contributed by atoms with Crippen molar-refractivity contribution in [2.45, 2.75) is 25.8 Å². The van der Waals surface area contributed by atoms with Gasteiger partial charge in [0.1, 0.15) is 11.9 Å².